The Morgan fingerprint density at radius 3 is 3.12 bits per heavy atom. The van der Waals surface area contributed by atoms with Gasteiger partial charge in [0.1, 0.15) is 6.10 Å². The van der Waals surface area contributed by atoms with Gasteiger partial charge in [-0.3, -0.25) is 4.79 Å². The minimum Gasteiger partial charge on any atom is -0.364 e. The number of rotatable bonds is 3. The maximum atomic E-state index is 11.7. The molecule has 0 radical (unpaired) electrons. The number of amides is 1. The number of hydrogen-bond donors (Lipinski definition) is 2. The molecule has 1 amide bonds. The SMILES string of the molecule is NCC1CCC(C(=O)Nc2cccnn2)O1. The molecule has 0 aliphatic carbocycles. The molecule has 1 aliphatic rings. The van der Waals surface area contributed by atoms with Gasteiger partial charge in [-0.25, -0.2) is 0 Å². The Balaban J connectivity index is 1.90. The molecule has 0 spiro atoms. The first-order valence-corrected chi connectivity index (χ1v) is 5.23. The molecule has 0 aromatic carbocycles. The van der Waals surface area contributed by atoms with Crippen LogP contribution in [0.4, 0.5) is 5.82 Å². The number of ether oxygens (including phenoxy) is 1. The van der Waals surface area contributed by atoms with Crippen LogP contribution in [0.15, 0.2) is 18.3 Å². The van der Waals surface area contributed by atoms with Gasteiger partial charge >= 0.3 is 0 Å². The number of carbonyl (C=O) groups excluding carboxylic acids is 1. The van der Waals surface area contributed by atoms with Crippen LogP contribution in [0.5, 0.6) is 0 Å². The highest BCUT2D eigenvalue weighted by atomic mass is 16.5. The maximum absolute atomic E-state index is 11.7. The lowest BCUT2D eigenvalue weighted by Crippen LogP contribution is -2.30. The molecule has 1 aromatic rings. The molecule has 2 atom stereocenters. The van der Waals surface area contributed by atoms with Gasteiger partial charge in [-0.1, -0.05) is 0 Å². The average molecular weight is 222 g/mol. The van der Waals surface area contributed by atoms with Crippen LogP contribution in [-0.2, 0) is 9.53 Å². The van der Waals surface area contributed by atoms with Gasteiger partial charge in [-0.15, -0.1) is 5.10 Å². The summed E-state index contributed by atoms with van der Waals surface area (Å²) in [7, 11) is 0. The summed E-state index contributed by atoms with van der Waals surface area (Å²) in [5.41, 5.74) is 5.47. The number of nitrogens with two attached hydrogens (primary N) is 1. The number of anilines is 1. The summed E-state index contributed by atoms with van der Waals surface area (Å²) in [6, 6.07) is 3.39. The third-order valence-electron chi connectivity index (χ3n) is 2.49. The molecule has 6 nitrogen and oxygen atoms in total. The van der Waals surface area contributed by atoms with Crippen LogP contribution in [0.3, 0.4) is 0 Å². The van der Waals surface area contributed by atoms with E-state index in [4.69, 9.17) is 10.5 Å². The Morgan fingerprint density at radius 2 is 2.50 bits per heavy atom. The minimum atomic E-state index is -0.421. The van der Waals surface area contributed by atoms with Crippen LogP contribution < -0.4 is 11.1 Å². The van der Waals surface area contributed by atoms with Crippen molar-refractivity contribution in [3.8, 4) is 0 Å². The van der Waals surface area contributed by atoms with E-state index in [0.29, 0.717) is 18.8 Å². The Morgan fingerprint density at radius 1 is 1.62 bits per heavy atom. The normalized spacial score (nSPS) is 24.3. The molecule has 2 heterocycles. The molecule has 0 saturated carbocycles. The largest absolute Gasteiger partial charge is 0.364 e. The number of nitrogens with one attached hydrogen (secondary N) is 1. The summed E-state index contributed by atoms with van der Waals surface area (Å²) in [6.45, 7) is 0.453. The second-order valence-corrected chi connectivity index (χ2v) is 3.66. The van der Waals surface area contributed by atoms with Crippen molar-refractivity contribution in [2.75, 3.05) is 11.9 Å². The standard InChI is InChI=1S/C10H14N4O2/c11-6-7-3-4-8(16-7)10(15)13-9-2-1-5-12-14-9/h1-2,5,7-8H,3-4,6,11H2,(H,13,14,15). The van der Waals surface area contributed by atoms with Crippen LogP contribution in [0.1, 0.15) is 12.8 Å². The van der Waals surface area contributed by atoms with E-state index >= 15 is 0 Å². The van der Waals surface area contributed by atoms with E-state index in [-0.39, 0.29) is 12.0 Å². The summed E-state index contributed by atoms with van der Waals surface area (Å²) < 4.78 is 5.46. The van der Waals surface area contributed by atoms with Crippen LogP contribution in [0.2, 0.25) is 0 Å². The van der Waals surface area contributed by atoms with Crippen molar-refractivity contribution in [1.29, 1.82) is 0 Å². The lowest BCUT2D eigenvalue weighted by atomic mass is 10.2. The number of aromatic nitrogens is 2. The lowest BCUT2D eigenvalue weighted by Gasteiger charge is -2.11. The fourth-order valence-electron chi connectivity index (χ4n) is 1.65. The lowest BCUT2D eigenvalue weighted by molar-refractivity contribution is -0.126. The predicted molar refractivity (Wildman–Crippen MR) is 57.6 cm³/mol. The smallest absolute Gasteiger partial charge is 0.254 e. The van der Waals surface area contributed by atoms with E-state index < -0.39 is 6.10 Å². The van der Waals surface area contributed by atoms with E-state index in [2.05, 4.69) is 15.5 Å². The van der Waals surface area contributed by atoms with E-state index in [1.807, 2.05) is 0 Å². The van der Waals surface area contributed by atoms with Crippen molar-refractivity contribution in [3.63, 3.8) is 0 Å². The van der Waals surface area contributed by atoms with Gasteiger partial charge < -0.3 is 15.8 Å². The zero-order valence-electron chi connectivity index (χ0n) is 8.80. The van der Waals surface area contributed by atoms with Crippen molar-refractivity contribution in [3.05, 3.63) is 18.3 Å². The third kappa shape index (κ3) is 2.53. The molecule has 1 aliphatic heterocycles. The highest BCUT2D eigenvalue weighted by molar-refractivity contribution is 5.93. The zero-order chi connectivity index (χ0) is 11.4. The summed E-state index contributed by atoms with van der Waals surface area (Å²) in [5.74, 6) is 0.253. The first-order chi connectivity index (χ1) is 7.79. The van der Waals surface area contributed by atoms with Crippen molar-refractivity contribution in [1.82, 2.24) is 10.2 Å². The fourth-order valence-corrected chi connectivity index (χ4v) is 1.65. The number of nitrogens with zero attached hydrogens (tertiary/aromatic N) is 2. The molecular formula is C10H14N4O2. The molecule has 16 heavy (non-hydrogen) atoms. The molecule has 86 valence electrons. The van der Waals surface area contributed by atoms with Crippen molar-refractivity contribution >= 4 is 11.7 Å². The second kappa shape index (κ2) is 5.00. The predicted octanol–water partition coefficient (Wildman–Crippen LogP) is -0.0786. The Bertz CT molecular complexity index is 357. The van der Waals surface area contributed by atoms with E-state index in [9.17, 15) is 4.79 Å². The highest BCUT2D eigenvalue weighted by Gasteiger charge is 2.29. The Hall–Kier alpha value is -1.53. The quantitative estimate of drug-likeness (QED) is 0.746. The number of carbonyl (C=O) groups is 1. The maximum Gasteiger partial charge on any atom is 0.254 e. The summed E-state index contributed by atoms with van der Waals surface area (Å²) in [5, 5.41) is 10.1. The minimum absolute atomic E-state index is 0.00222. The molecule has 2 unspecified atom stereocenters. The molecule has 6 heteroatoms. The monoisotopic (exact) mass is 222 g/mol. The first-order valence-electron chi connectivity index (χ1n) is 5.23. The molecule has 1 saturated heterocycles. The van der Waals surface area contributed by atoms with Gasteiger partial charge in [0.05, 0.1) is 6.10 Å². The van der Waals surface area contributed by atoms with Crippen LogP contribution in [0.25, 0.3) is 0 Å². The Labute approximate surface area is 93.2 Å². The zero-order valence-corrected chi connectivity index (χ0v) is 8.80. The topological polar surface area (TPSA) is 90.1 Å². The average Bonchev–Trinajstić information content (AvgIpc) is 2.79. The van der Waals surface area contributed by atoms with Crippen LogP contribution in [0, 0.1) is 0 Å². The van der Waals surface area contributed by atoms with Crippen molar-refractivity contribution in [2.24, 2.45) is 5.73 Å². The van der Waals surface area contributed by atoms with E-state index in [1.165, 1.54) is 0 Å². The van der Waals surface area contributed by atoms with Gasteiger partial charge in [0.25, 0.3) is 5.91 Å². The van der Waals surface area contributed by atoms with Gasteiger partial charge in [0.2, 0.25) is 0 Å². The highest BCUT2D eigenvalue weighted by Crippen LogP contribution is 2.19. The summed E-state index contributed by atoms with van der Waals surface area (Å²) >= 11 is 0. The molecule has 2 rings (SSSR count). The molecule has 1 aromatic heterocycles. The summed E-state index contributed by atoms with van der Waals surface area (Å²) in [4.78, 5) is 11.7. The van der Waals surface area contributed by atoms with E-state index in [0.717, 1.165) is 6.42 Å². The van der Waals surface area contributed by atoms with Gasteiger partial charge in [0.15, 0.2) is 5.82 Å². The van der Waals surface area contributed by atoms with Crippen molar-refractivity contribution in [2.45, 2.75) is 25.0 Å². The fraction of sp³-hybridized carbons (Fsp3) is 0.500. The first kappa shape index (κ1) is 11.0. The Kier molecular flexibility index (Phi) is 3.43. The van der Waals surface area contributed by atoms with Crippen LogP contribution in [-0.4, -0.2) is 34.9 Å². The second-order valence-electron chi connectivity index (χ2n) is 3.66. The third-order valence-corrected chi connectivity index (χ3v) is 2.49. The molecule has 0 bridgehead atoms. The molecular weight excluding hydrogens is 208 g/mol. The van der Waals surface area contributed by atoms with Gasteiger partial charge in [-0.05, 0) is 25.0 Å². The number of hydrogen-bond acceptors (Lipinski definition) is 5. The van der Waals surface area contributed by atoms with Gasteiger partial charge in [0, 0.05) is 12.7 Å². The molecule has 1 fully saturated rings. The van der Waals surface area contributed by atoms with Crippen LogP contribution >= 0.6 is 0 Å². The summed E-state index contributed by atoms with van der Waals surface area (Å²) in [6.07, 6.45) is 2.66. The van der Waals surface area contributed by atoms with E-state index in [1.54, 1.807) is 18.3 Å². The van der Waals surface area contributed by atoms with Crippen molar-refractivity contribution < 1.29 is 9.53 Å². The van der Waals surface area contributed by atoms with Gasteiger partial charge in [-0.2, -0.15) is 5.10 Å². The molecule has 3 N–H and O–H groups in total.